The van der Waals surface area contributed by atoms with Crippen molar-refractivity contribution in [2.45, 2.75) is 26.8 Å². The van der Waals surface area contributed by atoms with Gasteiger partial charge in [-0.25, -0.2) is 4.79 Å². The van der Waals surface area contributed by atoms with Crippen LogP contribution in [0.15, 0.2) is 24.3 Å². The van der Waals surface area contributed by atoms with Crippen LogP contribution in [0.5, 0.6) is 5.75 Å². The number of ether oxygens (including phenoxy) is 1. The van der Waals surface area contributed by atoms with Crippen LogP contribution < -0.4 is 10.1 Å². The summed E-state index contributed by atoms with van der Waals surface area (Å²) in [5.74, 6) is 1.67. The lowest BCUT2D eigenvalue weighted by Gasteiger charge is -2.34. The summed E-state index contributed by atoms with van der Waals surface area (Å²) >= 11 is 0. The highest BCUT2D eigenvalue weighted by Crippen LogP contribution is 2.19. The van der Waals surface area contributed by atoms with Gasteiger partial charge in [0, 0.05) is 45.3 Å². The number of carbonyl (C=O) groups excluding carboxylic acids is 1. The summed E-state index contributed by atoms with van der Waals surface area (Å²) in [6.45, 7) is 8.09. The van der Waals surface area contributed by atoms with E-state index in [9.17, 15) is 4.79 Å². The maximum absolute atomic E-state index is 12.7. The fraction of sp³-hybridized carbons (Fsp3) is 0.500. The normalized spacial score (nSPS) is 15.0. The van der Waals surface area contributed by atoms with Crippen LogP contribution in [0.4, 0.5) is 10.6 Å². The van der Waals surface area contributed by atoms with Crippen molar-refractivity contribution in [3.8, 4) is 5.75 Å². The van der Waals surface area contributed by atoms with Crippen LogP contribution in [0.1, 0.15) is 23.7 Å². The topological polar surface area (TPSA) is 62.6 Å². The van der Waals surface area contributed by atoms with Gasteiger partial charge in [-0.05, 0) is 31.0 Å². The molecule has 1 aromatic carbocycles. The SMILES string of the molecule is CCc1nn(C)c(NC(=O)N2CCN(Cc3cccc(OC)c3)CC2)c1C. The molecule has 0 bridgehead atoms. The zero-order valence-electron chi connectivity index (χ0n) is 16.7. The van der Waals surface area contributed by atoms with Crippen LogP contribution in [-0.2, 0) is 20.0 Å². The van der Waals surface area contributed by atoms with E-state index < -0.39 is 0 Å². The number of rotatable bonds is 5. The van der Waals surface area contributed by atoms with Gasteiger partial charge in [0.25, 0.3) is 0 Å². The van der Waals surface area contributed by atoms with Crippen molar-refractivity contribution in [3.63, 3.8) is 0 Å². The molecular weight excluding hydrogens is 342 g/mol. The number of anilines is 1. The number of benzene rings is 1. The first-order chi connectivity index (χ1) is 13.0. The number of hydrogen-bond acceptors (Lipinski definition) is 4. The zero-order chi connectivity index (χ0) is 19.4. The van der Waals surface area contributed by atoms with Crippen molar-refractivity contribution in [2.24, 2.45) is 7.05 Å². The van der Waals surface area contributed by atoms with Gasteiger partial charge in [0.1, 0.15) is 11.6 Å². The second kappa shape index (κ2) is 8.43. The molecule has 0 atom stereocenters. The molecule has 0 spiro atoms. The number of hydrogen-bond donors (Lipinski definition) is 1. The van der Waals surface area contributed by atoms with Crippen LogP contribution in [-0.4, -0.2) is 58.9 Å². The van der Waals surface area contributed by atoms with Crippen LogP contribution in [0, 0.1) is 6.92 Å². The van der Waals surface area contributed by atoms with E-state index in [1.165, 1.54) is 5.56 Å². The Morgan fingerprint density at radius 2 is 2.00 bits per heavy atom. The molecule has 1 saturated heterocycles. The van der Waals surface area contributed by atoms with E-state index in [0.717, 1.165) is 48.9 Å². The zero-order valence-corrected chi connectivity index (χ0v) is 16.7. The molecule has 0 saturated carbocycles. The number of carbonyl (C=O) groups is 1. The molecule has 7 heteroatoms. The Labute approximate surface area is 160 Å². The Bertz CT molecular complexity index is 794. The summed E-state index contributed by atoms with van der Waals surface area (Å²) in [6.07, 6.45) is 0.860. The predicted octanol–water partition coefficient (Wildman–Crippen LogP) is 2.65. The van der Waals surface area contributed by atoms with Crippen molar-refractivity contribution in [1.82, 2.24) is 19.6 Å². The Morgan fingerprint density at radius 1 is 1.26 bits per heavy atom. The number of nitrogens with zero attached hydrogens (tertiary/aromatic N) is 4. The van der Waals surface area contributed by atoms with Crippen LogP contribution >= 0.6 is 0 Å². The summed E-state index contributed by atoms with van der Waals surface area (Å²) < 4.78 is 7.05. The molecule has 1 aliphatic heterocycles. The first-order valence-corrected chi connectivity index (χ1v) is 9.45. The fourth-order valence-corrected chi connectivity index (χ4v) is 3.51. The minimum atomic E-state index is -0.0511. The molecule has 3 rings (SSSR count). The minimum Gasteiger partial charge on any atom is -0.497 e. The van der Waals surface area contributed by atoms with Gasteiger partial charge in [0.05, 0.1) is 12.8 Å². The summed E-state index contributed by atoms with van der Waals surface area (Å²) in [5, 5.41) is 7.50. The standard InChI is InChI=1S/C20H29N5O2/c1-5-18-15(2)19(23(3)22-18)21-20(26)25-11-9-24(10-12-25)14-16-7-6-8-17(13-16)27-4/h6-8,13H,5,9-12,14H2,1-4H3,(H,21,26). The molecule has 1 aliphatic rings. The lowest BCUT2D eigenvalue weighted by atomic mass is 10.2. The largest absolute Gasteiger partial charge is 0.497 e. The highest BCUT2D eigenvalue weighted by Gasteiger charge is 2.23. The number of aryl methyl sites for hydroxylation is 2. The lowest BCUT2D eigenvalue weighted by Crippen LogP contribution is -2.49. The first kappa shape index (κ1) is 19.2. The lowest BCUT2D eigenvalue weighted by molar-refractivity contribution is 0.143. The highest BCUT2D eigenvalue weighted by atomic mass is 16.5. The number of urea groups is 1. The van der Waals surface area contributed by atoms with E-state index in [-0.39, 0.29) is 6.03 Å². The maximum Gasteiger partial charge on any atom is 0.323 e. The Balaban J connectivity index is 1.54. The van der Waals surface area contributed by atoms with Gasteiger partial charge >= 0.3 is 6.03 Å². The number of methoxy groups -OCH3 is 1. The molecule has 2 heterocycles. The average molecular weight is 371 g/mol. The molecule has 1 N–H and O–H groups in total. The first-order valence-electron chi connectivity index (χ1n) is 9.45. The van der Waals surface area contributed by atoms with E-state index in [1.54, 1.807) is 11.8 Å². The number of piperazine rings is 1. The second-order valence-electron chi connectivity index (χ2n) is 6.94. The van der Waals surface area contributed by atoms with E-state index in [1.807, 2.05) is 31.0 Å². The van der Waals surface area contributed by atoms with Gasteiger partial charge < -0.3 is 9.64 Å². The third kappa shape index (κ3) is 4.42. The van der Waals surface area contributed by atoms with Gasteiger partial charge in [0.15, 0.2) is 0 Å². The van der Waals surface area contributed by atoms with Gasteiger partial charge in [-0.1, -0.05) is 19.1 Å². The fourth-order valence-electron chi connectivity index (χ4n) is 3.51. The summed E-state index contributed by atoms with van der Waals surface area (Å²) in [7, 11) is 3.55. The number of amides is 2. The van der Waals surface area contributed by atoms with Crippen LogP contribution in [0.3, 0.4) is 0 Å². The molecule has 2 aromatic rings. The van der Waals surface area contributed by atoms with E-state index in [2.05, 4.69) is 34.4 Å². The predicted molar refractivity (Wildman–Crippen MR) is 106 cm³/mol. The van der Waals surface area contributed by atoms with E-state index in [4.69, 9.17) is 4.74 Å². The van der Waals surface area contributed by atoms with Gasteiger partial charge in [-0.2, -0.15) is 5.10 Å². The van der Waals surface area contributed by atoms with E-state index >= 15 is 0 Å². The molecule has 0 radical (unpaired) electrons. The van der Waals surface area contributed by atoms with Crippen molar-refractivity contribution < 1.29 is 9.53 Å². The quantitative estimate of drug-likeness (QED) is 0.878. The smallest absolute Gasteiger partial charge is 0.323 e. The molecule has 2 amide bonds. The molecule has 27 heavy (non-hydrogen) atoms. The average Bonchev–Trinajstić information content (AvgIpc) is 2.96. The Hall–Kier alpha value is -2.54. The molecule has 1 aromatic heterocycles. The van der Waals surface area contributed by atoms with Gasteiger partial charge in [0.2, 0.25) is 0 Å². The maximum atomic E-state index is 12.7. The molecule has 1 fully saturated rings. The number of nitrogens with one attached hydrogen (secondary N) is 1. The molecule has 0 unspecified atom stereocenters. The molecule has 146 valence electrons. The van der Waals surface area contributed by atoms with Crippen LogP contribution in [0.25, 0.3) is 0 Å². The summed E-state index contributed by atoms with van der Waals surface area (Å²) in [6, 6.07) is 8.09. The minimum absolute atomic E-state index is 0.0511. The monoisotopic (exact) mass is 371 g/mol. The van der Waals surface area contributed by atoms with Gasteiger partial charge in [-0.3, -0.25) is 14.9 Å². The highest BCUT2D eigenvalue weighted by molar-refractivity contribution is 5.89. The van der Waals surface area contributed by atoms with E-state index in [0.29, 0.717) is 13.1 Å². The van der Waals surface area contributed by atoms with Crippen molar-refractivity contribution in [3.05, 3.63) is 41.1 Å². The Kier molecular flexibility index (Phi) is 6.01. The summed E-state index contributed by atoms with van der Waals surface area (Å²) in [4.78, 5) is 16.9. The van der Waals surface area contributed by atoms with Crippen molar-refractivity contribution in [2.75, 3.05) is 38.6 Å². The number of aromatic nitrogens is 2. The molecule has 7 nitrogen and oxygen atoms in total. The van der Waals surface area contributed by atoms with Gasteiger partial charge in [-0.15, -0.1) is 0 Å². The second-order valence-corrected chi connectivity index (χ2v) is 6.94. The third-order valence-corrected chi connectivity index (χ3v) is 5.14. The summed E-state index contributed by atoms with van der Waals surface area (Å²) in [5.41, 5.74) is 3.30. The van der Waals surface area contributed by atoms with Crippen molar-refractivity contribution >= 4 is 11.8 Å². The van der Waals surface area contributed by atoms with Crippen molar-refractivity contribution in [1.29, 1.82) is 0 Å². The van der Waals surface area contributed by atoms with Crippen LogP contribution in [0.2, 0.25) is 0 Å². The molecule has 0 aliphatic carbocycles. The Morgan fingerprint density at radius 3 is 2.63 bits per heavy atom. The third-order valence-electron chi connectivity index (χ3n) is 5.14. The molecular formula is C20H29N5O2.